The van der Waals surface area contributed by atoms with Crippen LogP contribution in [-0.2, 0) is 42.2 Å². The third-order valence-electron chi connectivity index (χ3n) is 11.9. The molecule has 0 rings (SSSR count). The number of phosphoric ester groups is 1. The van der Waals surface area contributed by atoms with Gasteiger partial charge in [0.05, 0.1) is 19.8 Å². The lowest BCUT2D eigenvalue weighted by atomic mass is 10.1. The van der Waals surface area contributed by atoms with Gasteiger partial charge in [-0.15, -0.1) is 0 Å². The summed E-state index contributed by atoms with van der Waals surface area (Å²) in [7, 11) is -4.77. The van der Waals surface area contributed by atoms with Gasteiger partial charge in [0.15, 0.2) is 6.10 Å². The first-order chi connectivity index (χ1) is 37.2. The number of esters is 3. The largest absolute Gasteiger partial charge is 0.472 e. The third kappa shape index (κ3) is 54.7. The van der Waals surface area contributed by atoms with Crippen molar-refractivity contribution in [3.8, 4) is 0 Å². The van der Waals surface area contributed by atoms with Crippen LogP contribution in [-0.4, -0.2) is 66.5 Å². The Morgan fingerprint density at radius 2 is 0.645 bits per heavy atom. The Bertz CT molecular complexity index is 1740. The zero-order chi connectivity index (χ0) is 55.5. The van der Waals surface area contributed by atoms with Crippen LogP contribution in [0.2, 0.25) is 0 Å². The summed E-state index contributed by atoms with van der Waals surface area (Å²) in [5.41, 5.74) is 0. The van der Waals surface area contributed by atoms with E-state index in [0.29, 0.717) is 19.3 Å². The lowest BCUT2D eigenvalue weighted by molar-refractivity contribution is -0.161. The molecule has 0 bridgehead atoms. The number of unbranched alkanes of at least 4 members (excludes halogenated alkanes) is 16. The zero-order valence-corrected chi connectivity index (χ0v) is 48.6. The Labute approximate surface area is 462 Å². The van der Waals surface area contributed by atoms with Gasteiger partial charge in [-0.3, -0.25) is 23.4 Å². The molecule has 0 aliphatic heterocycles. The molecule has 0 aromatic heterocycles. The Hall–Kier alpha value is -4.12. The molecule has 0 radical (unpaired) electrons. The maximum Gasteiger partial charge on any atom is 0.472 e. The standard InChI is InChI=1S/C64H105O11P/c1-4-7-10-13-16-19-22-25-28-30-33-35-38-41-44-47-50-53-62(66)71-57-61(75-64(68)55-52-49-46-43-40-37-34-31-29-26-23-20-17-14-11-8-5-2)59-73-76(69,70)72-58-60(56-65)74-63(67)54-51-48-45-42-39-36-32-27-24-21-18-15-12-9-6-3/h7-12,16-21,25-29,32-33,35,60-61,65H,4-6,13-15,22-24,30-31,34,36-59H2,1-3H3,(H,69,70)/b10-7-,11-8-,12-9-,19-16-,20-17-,21-18-,28-25-,29-26-,32-27-,35-33-. The normalized spacial score (nSPS) is 14.2. The van der Waals surface area contributed by atoms with Crippen molar-refractivity contribution in [1.82, 2.24) is 0 Å². The van der Waals surface area contributed by atoms with E-state index in [-0.39, 0.29) is 25.9 Å². The highest BCUT2D eigenvalue weighted by Crippen LogP contribution is 2.43. The van der Waals surface area contributed by atoms with Crippen molar-refractivity contribution in [3.63, 3.8) is 0 Å². The summed E-state index contributed by atoms with van der Waals surface area (Å²) in [6.45, 7) is 4.24. The molecule has 0 heterocycles. The number of ether oxygens (including phenoxy) is 3. The average Bonchev–Trinajstić information content (AvgIpc) is 3.41. The van der Waals surface area contributed by atoms with Crippen LogP contribution in [0.5, 0.6) is 0 Å². The first kappa shape index (κ1) is 71.9. The second kappa shape index (κ2) is 57.1. The molecule has 12 heteroatoms. The summed E-state index contributed by atoms with van der Waals surface area (Å²) in [5, 5.41) is 9.82. The molecule has 3 unspecified atom stereocenters. The molecule has 2 N–H and O–H groups in total. The highest BCUT2D eigenvalue weighted by atomic mass is 31.2. The van der Waals surface area contributed by atoms with Gasteiger partial charge >= 0.3 is 25.7 Å². The van der Waals surface area contributed by atoms with E-state index in [1.807, 2.05) is 0 Å². The Balaban J connectivity index is 4.81. The molecule has 0 amide bonds. The van der Waals surface area contributed by atoms with Crippen molar-refractivity contribution < 1.29 is 52.2 Å². The number of phosphoric acid groups is 1. The van der Waals surface area contributed by atoms with Crippen molar-refractivity contribution in [2.45, 2.75) is 238 Å². The molecule has 76 heavy (non-hydrogen) atoms. The van der Waals surface area contributed by atoms with Gasteiger partial charge in [-0.25, -0.2) is 4.57 Å². The molecular weight excluding hydrogens is 976 g/mol. The van der Waals surface area contributed by atoms with E-state index in [0.717, 1.165) is 167 Å². The molecule has 0 aromatic carbocycles. The number of hydrogen-bond acceptors (Lipinski definition) is 10. The predicted octanol–water partition coefficient (Wildman–Crippen LogP) is 17.6. The van der Waals surface area contributed by atoms with E-state index in [1.165, 1.54) is 0 Å². The van der Waals surface area contributed by atoms with Crippen LogP contribution in [0.15, 0.2) is 122 Å². The summed E-state index contributed by atoms with van der Waals surface area (Å²) in [5.74, 6) is -1.53. The topological polar surface area (TPSA) is 155 Å². The van der Waals surface area contributed by atoms with Crippen LogP contribution in [0.1, 0.15) is 226 Å². The van der Waals surface area contributed by atoms with Gasteiger partial charge in [0, 0.05) is 19.3 Å². The molecule has 0 spiro atoms. The van der Waals surface area contributed by atoms with Crippen molar-refractivity contribution >= 4 is 25.7 Å². The van der Waals surface area contributed by atoms with Crippen molar-refractivity contribution in [1.29, 1.82) is 0 Å². The number of rotatable bonds is 53. The average molecular weight is 1080 g/mol. The number of aliphatic hydroxyl groups excluding tert-OH is 1. The first-order valence-electron chi connectivity index (χ1n) is 29.4. The molecule has 432 valence electrons. The maximum atomic E-state index is 12.9. The summed E-state index contributed by atoms with van der Waals surface area (Å²) in [4.78, 5) is 48.6. The predicted molar refractivity (Wildman–Crippen MR) is 316 cm³/mol. The lowest BCUT2D eigenvalue weighted by Crippen LogP contribution is -2.30. The van der Waals surface area contributed by atoms with Gasteiger partial charge in [0.25, 0.3) is 0 Å². The molecular formula is C64H105O11P. The maximum absolute atomic E-state index is 12.9. The summed E-state index contributed by atoms with van der Waals surface area (Å²) >= 11 is 0. The van der Waals surface area contributed by atoms with Crippen LogP contribution in [0.25, 0.3) is 0 Å². The van der Waals surface area contributed by atoms with Crippen molar-refractivity contribution in [2.75, 3.05) is 26.4 Å². The fourth-order valence-corrected chi connectivity index (χ4v) is 8.28. The van der Waals surface area contributed by atoms with Gasteiger partial charge in [-0.05, 0) is 122 Å². The molecule has 0 saturated heterocycles. The minimum absolute atomic E-state index is 0.143. The second-order valence-electron chi connectivity index (χ2n) is 19.0. The smallest absolute Gasteiger partial charge is 0.462 e. The fourth-order valence-electron chi connectivity index (χ4n) is 7.49. The second-order valence-corrected chi connectivity index (χ2v) is 20.5. The van der Waals surface area contributed by atoms with E-state index >= 15 is 0 Å². The van der Waals surface area contributed by atoms with Crippen LogP contribution in [0, 0.1) is 0 Å². The quantitative estimate of drug-likeness (QED) is 0.0197. The fraction of sp³-hybridized carbons (Fsp3) is 0.641. The molecule has 0 fully saturated rings. The van der Waals surface area contributed by atoms with E-state index < -0.39 is 57.8 Å². The van der Waals surface area contributed by atoms with Gasteiger partial charge in [0.1, 0.15) is 12.7 Å². The third-order valence-corrected chi connectivity index (χ3v) is 12.8. The van der Waals surface area contributed by atoms with Gasteiger partial charge in [0.2, 0.25) is 0 Å². The Kier molecular flexibility index (Phi) is 54.0. The van der Waals surface area contributed by atoms with E-state index in [4.69, 9.17) is 23.3 Å². The molecule has 11 nitrogen and oxygen atoms in total. The first-order valence-corrected chi connectivity index (χ1v) is 30.9. The van der Waals surface area contributed by atoms with E-state index in [2.05, 4.69) is 142 Å². The monoisotopic (exact) mass is 1080 g/mol. The SMILES string of the molecule is CC/C=C\C/C=C\C/C=C\C/C=C\CCCCCCC(=O)OCC(COP(=O)(O)OCC(CO)OC(=O)CCCCCCC/C=C\C/C=C\C/C=C\CC)OC(=O)CCCCCCCCC/C=C\C/C=C\C/C=C\CC. The van der Waals surface area contributed by atoms with Crippen LogP contribution in [0.4, 0.5) is 0 Å². The van der Waals surface area contributed by atoms with E-state index in [1.54, 1.807) is 0 Å². The van der Waals surface area contributed by atoms with Crippen LogP contribution < -0.4 is 0 Å². The molecule has 0 aromatic rings. The molecule has 0 aliphatic carbocycles. The van der Waals surface area contributed by atoms with Crippen LogP contribution in [0.3, 0.4) is 0 Å². The van der Waals surface area contributed by atoms with Gasteiger partial charge in [-0.1, -0.05) is 206 Å². The highest BCUT2D eigenvalue weighted by molar-refractivity contribution is 7.47. The number of carbonyl (C=O) groups excluding carboxylic acids is 3. The zero-order valence-electron chi connectivity index (χ0n) is 47.7. The summed E-state index contributed by atoms with van der Waals surface area (Å²) < 4.78 is 39.5. The van der Waals surface area contributed by atoms with Crippen molar-refractivity contribution in [2.24, 2.45) is 0 Å². The highest BCUT2D eigenvalue weighted by Gasteiger charge is 2.28. The molecule has 3 atom stereocenters. The van der Waals surface area contributed by atoms with Gasteiger partial charge in [-0.2, -0.15) is 0 Å². The number of carbonyl (C=O) groups is 3. The number of hydrogen-bond donors (Lipinski definition) is 2. The van der Waals surface area contributed by atoms with Crippen molar-refractivity contribution in [3.05, 3.63) is 122 Å². The summed E-state index contributed by atoms with van der Waals surface area (Å²) in [6.07, 6.45) is 70.1. The minimum Gasteiger partial charge on any atom is -0.462 e. The van der Waals surface area contributed by atoms with E-state index in [9.17, 15) is 28.9 Å². The summed E-state index contributed by atoms with van der Waals surface area (Å²) in [6, 6.07) is 0. The Morgan fingerprint density at radius 3 is 0.987 bits per heavy atom. The Morgan fingerprint density at radius 1 is 0.368 bits per heavy atom. The number of allylic oxidation sites excluding steroid dienone is 20. The molecule has 0 saturated carbocycles. The van der Waals surface area contributed by atoms with Gasteiger partial charge < -0.3 is 24.2 Å². The van der Waals surface area contributed by atoms with Crippen LogP contribution >= 0.6 is 7.82 Å². The lowest BCUT2D eigenvalue weighted by Gasteiger charge is -2.21. The number of aliphatic hydroxyl groups is 1. The minimum atomic E-state index is -4.77. The molecule has 0 aliphatic rings.